The van der Waals surface area contributed by atoms with Crippen molar-refractivity contribution < 1.29 is 9.53 Å². The van der Waals surface area contributed by atoms with Crippen LogP contribution >= 0.6 is 15.9 Å². The number of ketones is 1. The van der Waals surface area contributed by atoms with Crippen molar-refractivity contribution in [3.05, 3.63) is 28.2 Å². The van der Waals surface area contributed by atoms with Gasteiger partial charge in [0.25, 0.3) is 0 Å². The molecule has 0 atom stereocenters. The third-order valence-corrected chi connectivity index (χ3v) is 2.61. The number of benzene rings is 1. The van der Waals surface area contributed by atoms with E-state index in [9.17, 15) is 4.79 Å². The SMILES string of the molecule is CC#CCCC(=O)c1ccc(Br)cc1OC. The lowest BCUT2D eigenvalue weighted by Gasteiger charge is -2.07. The molecule has 1 aromatic rings. The van der Waals surface area contributed by atoms with E-state index < -0.39 is 0 Å². The van der Waals surface area contributed by atoms with Gasteiger partial charge in [-0.05, 0) is 25.1 Å². The third kappa shape index (κ3) is 3.39. The highest BCUT2D eigenvalue weighted by atomic mass is 79.9. The summed E-state index contributed by atoms with van der Waals surface area (Å²) in [6.45, 7) is 1.77. The fraction of sp³-hybridized carbons (Fsp3) is 0.308. The summed E-state index contributed by atoms with van der Waals surface area (Å²) in [5.41, 5.74) is 0.614. The Hall–Kier alpha value is -1.27. The zero-order valence-electron chi connectivity index (χ0n) is 9.34. The van der Waals surface area contributed by atoms with Gasteiger partial charge < -0.3 is 4.74 Å². The van der Waals surface area contributed by atoms with Gasteiger partial charge in [0.2, 0.25) is 0 Å². The molecule has 0 aliphatic rings. The standard InChI is InChI=1S/C13H13BrO2/c1-3-4-5-6-12(15)11-8-7-10(14)9-13(11)16-2/h7-9H,5-6H2,1-2H3. The molecule has 3 heteroatoms. The summed E-state index contributed by atoms with van der Waals surface area (Å²) in [7, 11) is 1.56. The van der Waals surface area contributed by atoms with Gasteiger partial charge in [0.15, 0.2) is 5.78 Å². The number of carbonyl (C=O) groups excluding carboxylic acids is 1. The molecule has 0 bridgehead atoms. The predicted octanol–water partition coefficient (Wildman–Crippen LogP) is 3.44. The van der Waals surface area contributed by atoms with Gasteiger partial charge >= 0.3 is 0 Å². The molecule has 0 N–H and O–H groups in total. The van der Waals surface area contributed by atoms with Crippen molar-refractivity contribution in [3.8, 4) is 17.6 Å². The van der Waals surface area contributed by atoms with Crippen molar-refractivity contribution in [3.63, 3.8) is 0 Å². The topological polar surface area (TPSA) is 26.3 Å². The molecule has 0 fully saturated rings. The van der Waals surface area contributed by atoms with Gasteiger partial charge in [-0.1, -0.05) is 15.9 Å². The zero-order chi connectivity index (χ0) is 12.0. The minimum atomic E-state index is 0.0621. The van der Waals surface area contributed by atoms with Crippen LogP contribution in [0.25, 0.3) is 0 Å². The highest BCUT2D eigenvalue weighted by Crippen LogP contribution is 2.24. The molecular formula is C13H13BrO2. The molecule has 0 heterocycles. The number of Topliss-reactive ketones (excluding diaryl/α,β-unsaturated/α-hetero) is 1. The van der Waals surface area contributed by atoms with E-state index >= 15 is 0 Å². The molecule has 0 aliphatic heterocycles. The Morgan fingerprint density at radius 3 is 2.88 bits per heavy atom. The van der Waals surface area contributed by atoms with Crippen LogP contribution < -0.4 is 4.74 Å². The maximum absolute atomic E-state index is 11.8. The number of rotatable bonds is 4. The lowest BCUT2D eigenvalue weighted by atomic mass is 10.1. The Bertz CT molecular complexity index is 441. The Morgan fingerprint density at radius 2 is 2.25 bits per heavy atom. The Labute approximate surface area is 104 Å². The lowest BCUT2D eigenvalue weighted by molar-refractivity contribution is 0.0981. The molecular weight excluding hydrogens is 268 g/mol. The summed E-state index contributed by atoms with van der Waals surface area (Å²) in [6.07, 6.45) is 1.02. The molecule has 1 aromatic carbocycles. The fourth-order valence-electron chi connectivity index (χ4n) is 1.33. The van der Waals surface area contributed by atoms with Crippen LogP contribution in [-0.2, 0) is 0 Å². The summed E-state index contributed by atoms with van der Waals surface area (Å²) >= 11 is 3.34. The average molecular weight is 281 g/mol. The monoisotopic (exact) mass is 280 g/mol. The van der Waals surface area contributed by atoms with Crippen LogP contribution in [0, 0.1) is 11.8 Å². The van der Waals surface area contributed by atoms with Crippen LogP contribution in [0.15, 0.2) is 22.7 Å². The first-order chi connectivity index (χ1) is 7.69. The van der Waals surface area contributed by atoms with Crippen molar-refractivity contribution in [1.29, 1.82) is 0 Å². The van der Waals surface area contributed by atoms with E-state index in [4.69, 9.17) is 4.74 Å². The van der Waals surface area contributed by atoms with Gasteiger partial charge in [0.1, 0.15) is 5.75 Å². The summed E-state index contributed by atoms with van der Waals surface area (Å²) in [4.78, 5) is 11.8. The van der Waals surface area contributed by atoms with Gasteiger partial charge in [-0.25, -0.2) is 0 Å². The Kier molecular flexibility index (Phi) is 5.07. The highest BCUT2D eigenvalue weighted by molar-refractivity contribution is 9.10. The van der Waals surface area contributed by atoms with E-state index in [0.717, 1.165) is 4.47 Å². The number of halogens is 1. The van der Waals surface area contributed by atoms with Gasteiger partial charge in [0.05, 0.1) is 12.7 Å². The molecule has 0 spiro atoms. The van der Waals surface area contributed by atoms with Crippen LogP contribution in [0.2, 0.25) is 0 Å². The molecule has 0 amide bonds. The van der Waals surface area contributed by atoms with Crippen molar-refractivity contribution in [1.82, 2.24) is 0 Å². The average Bonchev–Trinajstić information content (AvgIpc) is 2.29. The molecule has 84 valence electrons. The highest BCUT2D eigenvalue weighted by Gasteiger charge is 2.11. The van der Waals surface area contributed by atoms with E-state index in [2.05, 4.69) is 27.8 Å². The van der Waals surface area contributed by atoms with E-state index in [0.29, 0.717) is 24.2 Å². The summed E-state index contributed by atoms with van der Waals surface area (Å²) in [5, 5.41) is 0. The second kappa shape index (κ2) is 6.34. The molecule has 1 rings (SSSR count). The van der Waals surface area contributed by atoms with Crippen molar-refractivity contribution in [2.24, 2.45) is 0 Å². The number of ether oxygens (including phenoxy) is 1. The quantitative estimate of drug-likeness (QED) is 0.624. The van der Waals surface area contributed by atoms with E-state index in [1.165, 1.54) is 0 Å². The second-order valence-corrected chi connectivity index (χ2v) is 4.11. The molecule has 0 saturated carbocycles. The first-order valence-electron chi connectivity index (χ1n) is 4.95. The van der Waals surface area contributed by atoms with Crippen LogP contribution in [-0.4, -0.2) is 12.9 Å². The molecule has 0 radical (unpaired) electrons. The maximum atomic E-state index is 11.8. The normalized spacial score (nSPS) is 9.19. The summed E-state index contributed by atoms with van der Waals surface area (Å²) < 4.78 is 6.06. The molecule has 2 nitrogen and oxygen atoms in total. The zero-order valence-corrected chi connectivity index (χ0v) is 10.9. The first-order valence-corrected chi connectivity index (χ1v) is 5.74. The summed E-state index contributed by atoms with van der Waals surface area (Å²) in [5.74, 6) is 6.31. The van der Waals surface area contributed by atoms with Crippen molar-refractivity contribution >= 4 is 21.7 Å². The lowest BCUT2D eigenvalue weighted by Crippen LogP contribution is -2.01. The van der Waals surface area contributed by atoms with Crippen molar-refractivity contribution in [2.75, 3.05) is 7.11 Å². The second-order valence-electron chi connectivity index (χ2n) is 3.19. The summed E-state index contributed by atoms with van der Waals surface area (Å²) in [6, 6.07) is 5.39. The van der Waals surface area contributed by atoms with Crippen LogP contribution in [0.5, 0.6) is 5.75 Å². The number of hydrogen-bond donors (Lipinski definition) is 0. The van der Waals surface area contributed by atoms with Crippen LogP contribution in [0.4, 0.5) is 0 Å². The largest absolute Gasteiger partial charge is 0.496 e. The molecule has 16 heavy (non-hydrogen) atoms. The Morgan fingerprint density at radius 1 is 1.50 bits per heavy atom. The molecule has 0 aromatic heterocycles. The molecule has 0 saturated heterocycles. The smallest absolute Gasteiger partial charge is 0.167 e. The first kappa shape index (κ1) is 12.8. The predicted molar refractivity (Wildman–Crippen MR) is 67.7 cm³/mol. The number of hydrogen-bond acceptors (Lipinski definition) is 2. The van der Waals surface area contributed by atoms with E-state index in [1.807, 2.05) is 6.07 Å². The van der Waals surface area contributed by atoms with E-state index in [1.54, 1.807) is 26.2 Å². The van der Waals surface area contributed by atoms with E-state index in [-0.39, 0.29) is 5.78 Å². The third-order valence-electron chi connectivity index (χ3n) is 2.12. The van der Waals surface area contributed by atoms with Gasteiger partial charge in [-0.3, -0.25) is 4.79 Å². The minimum absolute atomic E-state index is 0.0621. The fourth-order valence-corrected chi connectivity index (χ4v) is 1.67. The number of carbonyl (C=O) groups is 1. The van der Waals surface area contributed by atoms with Gasteiger partial charge in [-0.2, -0.15) is 0 Å². The van der Waals surface area contributed by atoms with Crippen molar-refractivity contribution in [2.45, 2.75) is 19.8 Å². The Balaban J connectivity index is 2.84. The minimum Gasteiger partial charge on any atom is -0.496 e. The molecule has 0 aliphatic carbocycles. The van der Waals surface area contributed by atoms with Crippen LogP contribution in [0.3, 0.4) is 0 Å². The van der Waals surface area contributed by atoms with Gasteiger partial charge in [0, 0.05) is 17.3 Å². The van der Waals surface area contributed by atoms with Gasteiger partial charge in [-0.15, -0.1) is 11.8 Å². The van der Waals surface area contributed by atoms with Crippen LogP contribution in [0.1, 0.15) is 30.1 Å². The number of methoxy groups -OCH3 is 1. The maximum Gasteiger partial charge on any atom is 0.167 e. The molecule has 0 unspecified atom stereocenters.